The monoisotopic (exact) mass is 256 g/mol. The topological polar surface area (TPSA) is 53.3 Å². The lowest BCUT2D eigenvalue weighted by Crippen LogP contribution is -2.42. The summed E-state index contributed by atoms with van der Waals surface area (Å²) >= 11 is 0. The molecule has 1 heterocycles. The highest BCUT2D eigenvalue weighted by Crippen LogP contribution is 2.39. The van der Waals surface area contributed by atoms with E-state index in [-0.39, 0.29) is 5.91 Å². The Hall–Kier alpha value is -1.86. The third-order valence-electron chi connectivity index (χ3n) is 4.28. The minimum Gasteiger partial charge on any atom is -0.381 e. The SMILES string of the molecule is COC1CC2CC1CN2C(=O)c1cccc(C#N)c1. The van der Waals surface area contributed by atoms with Crippen molar-refractivity contribution in [2.75, 3.05) is 13.7 Å². The summed E-state index contributed by atoms with van der Waals surface area (Å²) in [7, 11) is 1.74. The Kier molecular flexibility index (Phi) is 3.00. The number of carbonyl (C=O) groups excluding carboxylic acids is 1. The number of benzene rings is 1. The predicted octanol–water partition coefficient (Wildman–Crippen LogP) is 1.81. The summed E-state index contributed by atoms with van der Waals surface area (Å²) in [5.74, 6) is 0.511. The third kappa shape index (κ3) is 2.00. The van der Waals surface area contributed by atoms with Gasteiger partial charge in [0.2, 0.25) is 0 Å². The Balaban J connectivity index is 1.78. The van der Waals surface area contributed by atoms with Crippen molar-refractivity contribution in [2.24, 2.45) is 5.92 Å². The summed E-state index contributed by atoms with van der Waals surface area (Å²) in [5.41, 5.74) is 1.14. The van der Waals surface area contributed by atoms with Gasteiger partial charge >= 0.3 is 0 Å². The number of hydrogen-bond donors (Lipinski definition) is 0. The first-order valence-electron chi connectivity index (χ1n) is 6.57. The Bertz CT molecular complexity index is 549. The molecule has 2 bridgehead atoms. The molecule has 0 spiro atoms. The molecule has 2 fully saturated rings. The number of ether oxygens (including phenoxy) is 1. The maximum absolute atomic E-state index is 12.5. The number of amides is 1. The molecule has 1 aromatic rings. The van der Waals surface area contributed by atoms with Gasteiger partial charge in [0.15, 0.2) is 0 Å². The largest absolute Gasteiger partial charge is 0.381 e. The summed E-state index contributed by atoms with van der Waals surface area (Å²) in [4.78, 5) is 14.4. The van der Waals surface area contributed by atoms with E-state index < -0.39 is 0 Å². The Morgan fingerprint density at radius 3 is 2.95 bits per heavy atom. The summed E-state index contributed by atoms with van der Waals surface area (Å²) in [6.45, 7) is 0.777. The van der Waals surface area contributed by atoms with Crippen LogP contribution >= 0.6 is 0 Å². The molecule has 0 aromatic heterocycles. The van der Waals surface area contributed by atoms with Crippen LogP contribution in [0.4, 0.5) is 0 Å². The van der Waals surface area contributed by atoms with Gasteiger partial charge in [0, 0.05) is 31.2 Å². The number of methoxy groups -OCH3 is 1. The van der Waals surface area contributed by atoms with Gasteiger partial charge in [-0.05, 0) is 31.0 Å². The fraction of sp³-hybridized carbons (Fsp3) is 0.467. The van der Waals surface area contributed by atoms with Gasteiger partial charge in [-0.25, -0.2) is 0 Å². The van der Waals surface area contributed by atoms with Crippen molar-refractivity contribution in [3.8, 4) is 6.07 Å². The smallest absolute Gasteiger partial charge is 0.254 e. The molecule has 1 aromatic carbocycles. The molecule has 3 rings (SSSR count). The van der Waals surface area contributed by atoms with E-state index in [2.05, 4.69) is 6.07 Å². The number of carbonyl (C=O) groups is 1. The molecule has 3 atom stereocenters. The highest BCUT2D eigenvalue weighted by Gasteiger charge is 2.46. The molecule has 4 nitrogen and oxygen atoms in total. The number of rotatable bonds is 2. The first kappa shape index (κ1) is 12.2. The van der Waals surface area contributed by atoms with Crippen LogP contribution in [0.1, 0.15) is 28.8 Å². The van der Waals surface area contributed by atoms with E-state index in [0.29, 0.717) is 29.2 Å². The number of nitrogens with zero attached hydrogens (tertiary/aromatic N) is 2. The highest BCUT2D eigenvalue weighted by molar-refractivity contribution is 5.95. The molecule has 1 saturated carbocycles. The van der Waals surface area contributed by atoms with Gasteiger partial charge in [-0.1, -0.05) is 6.07 Å². The summed E-state index contributed by atoms with van der Waals surface area (Å²) in [6.07, 6.45) is 2.28. The molecule has 0 radical (unpaired) electrons. The Labute approximate surface area is 112 Å². The maximum Gasteiger partial charge on any atom is 0.254 e. The molecule has 2 aliphatic rings. The van der Waals surface area contributed by atoms with Crippen LogP contribution in [0.3, 0.4) is 0 Å². The molecule has 1 aliphatic heterocycles. The average Bonchev–Trinajstić information content (AvgIpc) is 3.06. The van der Waals surface area contributed by atoms with Crippen LogP contribution in [0.25, 0.3) is 0 Å². The van der Waals surface area contributed by atoms with Crippen molar-refractivity contribution < 1.29 is 9.53 Å². The van der Waals surface area contributed by atoms with Gasteiger partial charge in [0.1, 0.15) is 0 Å². The van der Waals surface area contributed by atoms with Gasteiger partial charge in [-0.3, -0.25) is 4.79 Å². The minimum atomic E-state index is 0.0409. The Morgan fingerprint density at radius 2 is 2.32 bits per heavy atom. The fourth-order valence-electron chi connectivity index (χ4n) is 3.33. The van der Waals surface area contributed by atoms with E-state index in [0.717, 1.165) is 19.4 Å². The second-order valence-electron chi connectivity index (χ2n) is 5.31. The van der Waals surface area contributed by atoms with Crippen LogP contribution in [0.5, 0.6) is 0 Å². The zero-order valence-electron chi connectivity index (χ0n) is 10.9. The molecule has 1 amide bonds. The first-order chi connectivity index (χ1) is 9.22. The highest BCUT2D eigenvalue weighted by atomic mass is 16.5. The van der Waals surface area contributed by atoms with Crippen LogP contribution < -0.4 is 0 Å². The van der Waals surface area contributed by atoms with Gasteiger partial charge < -0.3 is 9.64 Å². The second-order valence-corrected chi connectivity index (χ2v) is 5.31. The minimum absolute atomic E-state index is 0.0409. The molecular formula is C15H16N2O2. The quantitative estimate of drug-likeness (QED) is 0.811. The summed E-state index contributed by atoms with van der Waals surface area (Å²) in [5, 5.41) is 8.89. The molecule has 1 saturated heterocycles. The molecule has 19 heavy (non-hydrogen) atoms. The molecule has 98 valence electrons. The van der Waals surface area contributed by atoms with Gasteiger partial charge in [0.25, 0.3) is 5.91 Å². The van der Waals surface area contributed by atoms with E-state index in [1.165, 1.54) is 0 Å². The van der Waals surface area contributed by atoms with Gasteiger partial charge in [-0.2, -0.15) is 5.26 Å². The van der Waals surface area contributed by atoms with Crippen molar-refractivity contribution in [1.82, 2.24) is 4.90 Å². The number of fused-ring (bicyclic) bond motifs is 2. The van der Waals surface area contributed by atoms with Gasteiger partial charge in [0.05, 0.1) is 17.7 Å². The zero-order valence-corrected chi connectivity index (χ0v) is 10.9. The van der Waals surface area contributed by atoms with E-state index >= 15 is 0 Å². The molecule has 3 unspecified atom stereocenters. The fourth-order valence-corrected chi connectivity index (χ4v) is 3.33. The summed E-state index contributed by atoms with van der Waals surface area (Å²) in [6, 6.07) is 9.30. The molecule has 0 N–H and O–H groups in total. The lowest BCUT2D eigenvalue weighted by molar-refractivity contribution is 0.0294. The van der Waals surface area contributed by atoms with E-state index in [9.17, 15) is 4.79 Å². The predicted molar refractivity (Wildman–Crippen MR) is 69.5 cm³/mol. The second kappa shape index (κ2) is 4.67. The summed E-state index contributed by atoms with van der Waals surface area (Å²) < 4.78 is 5.43. The lowest BCUT2D eigenvalue weighted by Gasteiger charge is -2.31. The van der Waals surface area contributed by atoms with E-state index in [4.69, 9.17) is 10.00 Å². The number of hydrogen-bond acceptors (Lipinski definition) is 3. The van der Waals surface area contributed by atoms with Crippen LogP contribution in [-0.4, -0.2) is 36.6 Å². The maximum atomic E-state index is 12.5. The van der Waals surface area contributed by atoms with E-state index in [1.54, 1.807) is 31.4 Å². The standard InChI is InChI=1S/C15H16N2O2/c1-19-14-7-13-6-12(14)9-17(13)15(18)11-4-2-3-10(5-11)8-16/h2-5,12-14H,6-7,9H2,1H3. The molecule has 4 heteroatoms. The van der Waals surface area contributed by atoms with Crippen LogP contribution in [-0.2, 0) is 4.74 Å². The first-order valence-corrected chi connectivity index (χ1v) is 6.57. The third-order valence-corrected chi connectivity index (χ3v) is 4.28. The van der Waals surface area contributed by atoms with Crippen LogP contribution in [0.15, 0.2) is 24.3 Å². The van der Waals surface area contributed by atoms with Crippen LogP contribution in [0, 0.1) is 17.2 Å². The molecular weight excluding hydrogens is 240 g/mol. The lowest BCUT2D eigenvalue weighted by atomic mass is 10.0. The Morgan fingerprint density at radius 1 is 1.47 bits per heavy atom. The zero-order chi connectivity index (χ0) is 13.4. The molecule has 1 aliphatic carbocycles. The van der Waals surface area contributed by atoms with Crippen molar-refractivity contribution in [3.63, 3.8) is 0 Å². The number of likely N-dealkylation sites (tertiary alicyclic amines) is 1. The van der Waals surface area contributed by atoms with E-state index in [1.807, 2.05) is 4.90 Å². The van der Waals surface area contributed by atoms with Crippen molar-refractivity contribution >= 4 is 5.91 Å². The normalized spacial score (nSPS) is 28.4. The number of nitriles is 1. The van der Waals surface area contributed by atoms with Gasteiger partial charge in [-0.15, -0.1) is 0 Å². The van der Waals surface area contributed by atoms with Crippen molar-refractivity contribution in [3.05, 3.63) is 35.4 Å². The van der Waals surface area contributed by atoms with Crippen molar-refractivity contribution in [1.29, 1.82) is 5.26 Å². The average molecular weight is 256 g/mol. The van der Waals surface area contributed by atoms with Crippen LogP contribution in [0.2, 0.25) is 0 Å². The van der Waals surface area contributed by atoms with Crippen molar-refractivity contribution in [2.45, 2.75) is 25.0 Å². The number of piperidine rings is 1.